The fourth-order valence-electron chi connectivity index (χ4n) is 3.44. The molecule has 33 heavy (non-hydrogen) atoms. The smallest absolute Gasteiger partial charge is 0.254 e. The number of ether oxygens (including phenoxy) is 3. The molecular weight excluding hydrogens is 474 g/mol. The molecule has 0 aliphatic carbocycles. The van der Waals surface area contributed by atoms with Crippen molar-refractivity contribution < 1.29 is 32.2 Å². The van der Waals surface area contributed by atoms with Crippen LogP contribution < -0.4 is 14.8 Å². The normalized spacial score (nSPS) is 15.8. The Bertz CT molecular complexity index is 1180. The van der Waals surface area contributed by atoms with Crippen LogP contribution in [0.2, 0.25) is 5.02 Å². The Hall–Kier alpha value is -2.86. The summed E-state index contributed by atoms with van der Waals surface area (Å²) in [6.07, 6.45) is 0. The van der Waals surface area contributed by atoms with Gasteiger partial charge in [-0.2, -0.15) is 4.31 Å². The number of halogens is 1. The zero-order chi connectivity index (χ0) is 23.6. The molecule has 1 N–H and O–H groups in total. The number of hydrogen-bond donors (Lipinski definition) is 1. The first kappa shape index (κ1) is 23.3. The Kier molecular flexibility index (Phi) is 6.75. The second-order valence-electron chi connectivity index (χ2n) is 7.44. The Morgan fingerprint density at radius 1 is 1.09 bits per heavy atom. The number of anilines is 1. The third kappa shape index (κ3) is 5.06. The molecule has 1 fully saturated rings. The highest BCUT2D eigenvalue weighted by Crippen LogP contribution is 2.33. The van der Waals surface area contributed by atoms with Crippen molar-refractivity contribution in [3.63, 3.8) is 0 Å². The van der Waals surface area contributed by atoms with Crippen molar-refractivity contribution in [2.24, 2.45) is 0 Å². The molecule has 2 amide bonds. The van der Waals surface area contributed by atoms with Gasteiger partial charge in [0.1, 0.15) is 4.90 Å². The maximum absolute atomic E-state index is 13.0. The topological polar surface area (TPSA) is 114 Å². The van der Waals surface area contributed by atoms with Crippen LogP contribution in [-0.2, 0) is 19.6 Å². The Labute approximate surface area is 196 Å². The molecule has 0 atom stereocenters. The van der Waals surface area contributed by atoms with E-state index in [0.29, 0.717) is 30.3 Å². The number of carbonyl (C=O) groups is 2. The quantitative estimate of drug-likeness (QED) is 0.649. The van der Waals surface area contributed by atoms with E-state index < -0.39 is 15.9 Å². The zero-order valence-corrected chi connectivity index (χ0v) is 19.3. The van der Waals surface area contributed by atoms with Gasteiger partial charge in [-0.3, -0.25) is 9.59 Å². The summed E-state index contributed by atoms with van der Waals surface area (Å²) in [5.41, 5.74) is 0.597. The number of benzene rings is 2. The van der Waals surface area contributed by atoms with E-state index in [1.807, 2.05) is 0 Å². The Morgan fingerprint density at radius 3 is 2.58 bits per heavy atom. The van der Waals surface area contributed by atoms with Gasteiger partial charge in [-0.1, -0.05) is 11.6 Å². The second kappa shape index (κ2) is 9.56. The molecule has 0 aromatic heterocycles. The molecule has 10 nitrogen and oxygen atoms in total. The number of sulfonamides is 1. The summed E-state index contributed by atoms with van der Waals surface area (Å²) < 4.78 is 42.9. The number of morpholine rings is 1. The van der Waals surface area contributed by atoms with Gasteiger partial charge in [-0.25, -0.2) is 8.42 Å². The lowest BCUT2D eigenvalue weighted by Crippen LogP contribution is -2.40. The van der Waals surface area contributed by atoms with Crippen LogP contribution in [0.5, 0.6) is 11.5 Å². The zero-order valence-electron chi connectivity index (χ0n) is 17.7. The molecule has 2 aliphatic heterocycles. The minimum absolute atomic E-state index is 0.0506. The molecule has 0 saturated carbocycles. The van der Waals surface area contributed by atoms with Crippen LogP contribution in [0.15, 0.2) is 41.3 Å². The molecule has 12 heteroatoms. The van der Waals surface area contributed by atoms with Gasteiger partial charge < -0.3 is 24.4 Å². The van der Waals surface area contributed by atoms with Crippen LogP contribution in [0.25, 0.3) is 0 Å². The molecule has 0 radical (unpaired) electrons. The number of rotatable bonds is 6. The number of hydrogen-bond acceptors (Lipinski definition) is 7. The predicted molar refractivity (Wildman–Crippen MR) is 119 cm³/mol. The monoisotopic (exact) mass is 495 g/mol. The van der Waals surface area contributed by atoms with Gasteiger partial charge in [0, 0.05) is 31.4 Å². The summed E-state index contributed by atoms with van der Waals surface area (Å²) in [5, 5.41) is 2.67. The average molecular weight is 496 g/mol. The summed E-state index contributed by atoms with van der Waals surface area (Å²) >= 11 is 6.15. The highest BCUT2D eigenvalue weighted by molar-refractivity contribution is 7.89. The number of likely N-dealkylation sites (N-methyl/N-ethyl adjacent to an activating group) is 1. The molecular formula is C21H22ClN3O7S. The predicted octanol–water partition coefficient (Wildman–Crippen LogP) is 1.80. The minimum atomic E-state index is -3.85. The summed E-state index contributed by atoms with van der Waals surface area (Å²) in [7, 11) is -2.36. The van der Waals surface area contributed by atoms with Gasteiger partial charge in [0.15, 0.2) is 11.5 Å². The first-order chi connectivity index (χ1) is 15.8. The number of nitrogens with zero attached hydrogens (tertiary/aromatic N) is 2. The third-order valence-electron chi connectivity index (χ3n) is 5.15. The molecule has 1 saturated heterocycles. The van der Waals surface area contributed by atoms with Gasteiger partial charge in [0.25, 0.3) is 5.91 Å². The lowest BCUT2D eigenvalue weighted by Gasteiger charge is -2.26. The number of fused-ring (bicyclic) bond motifs is 1. The van der Waals surface area contributed by atoms with Gasteiger partial charge in [-0.15, -0.1) is 0 Å². The first-order valence-corrected chi connectivity index (χ1v) is 11.9. The summed E-state index contributed by atoms with van der Waals surface area (Å²) in [4.78, 5) is 26.4. The average Bonchev–Trinajstić information content (AvgIpc) is 3.28. The lowest BCUT2D eigenvalue weighted by molar-refractivity contribution is -0.116. The highest BCUT2D eigenvalue weighted by Gasteiger charge is 2.29. The van der Waals surface area contributed by atoms with Gasteiger partial charge >= 0.3 is 0 Å². The Morgan fingerprint density at radius 2 is 1.82 bits per heavy atom. The van der Waals surface area contributed by atoms with E-state index in [9.17, 15) is 18.0 Å². The van der Waals surface area contributed by atoms with E-state index in [0.717, 1.165) is 0 Å². The van der Waals surface area contributed by atoms with Crippen LogP contribution in [0, 0.1) is 0 Å². The number of nitrogens with one attached hydrogen (secondary N) is 1. The molecule has 4 rings (SSSR count). The fourth-order valence-corrected chi connectivity index (χ4v) is 5.35. The molecule has 0 bridgehead atoms. The van der Waals surface area contributed by atoms with Crippen molar-refractivity contribution >= 4 is 39.1 Å². The molecule has 0 unspecified atom stereocenters. The van der Waals surface area contributed by atoms with E-state index in [4.69, 9.17) is 25.8 Å². The van der Waals surface area contributed by atoms with E-state index in [1.165, 1.54) is 34.5 Å². The van der Waals surface area contributed by atoms with Gasteiger partial charge in [0.2, 0.25) is 22.7 Å². The summed E-state index contributed by atoms with van der Waals surface area (Å²) in [5.74, 6) is 0.144. The molecule has 0 spiro atoms. The molecule has 176 valence electrons. The molecule has 2 heterocycles. The minimum Gasteiger partial charge on any atom is -0.454 e. The molecule has 2 aliphatic rings. The van der Waals surface area contributed by atoms with Crippen molar-refractivity contribution in [3.8, 4) is 11.5 Å². The van der Waals surface area contributed by atoms with Crippen LogP contribution >= 0.6 is 11.6 Å². The van der Waals surface area contributed by atoms with Crippen molar-refractivity contribution in [1.29, 1.82) is 0 Å². The van der Waals surface area contributed by atoms with Crippen molar-refractivity contribution in [2.75, 3.05) is 52.0 Å². The van der Waals surface area contributed by atoms with Gasteiger partial charge in [0.05, 0.1) is 24.8 Å². The van der Waals surface area contributed by atoms with E-state index in [2.05, 4.69) is 5.32 Å². The van der Waals surface area contributed by atoms with Crippen LogP contribution in [0.1, 0.15) is 10.4 Å². The lowest BCUT2D eigenvalue weighted by atomic mass is 10.2. The van der Waals surface area contributed by atoms with E-state index >= 15 is 0 Å². The molecule has 2 aromatic carbocycles. The SMILES string of the molecule is CN(CC(=O)Nc1ccc(Cl)c(S(=O)(=O)N2CCOCC2)c1)C(=O)c1ccc2c(c1)OCO2. The van der Waals surface area contributed by atoms with E-state index in [1.54, 1.807) is 18.2 Å². The van der Waals surface area contributed by atoms with Crippen LogP contribution in [0.4, 0.5) is 5.69 Å². The maximum atomic E-state index is 13.0. The standard InChI is InChI=1S/C21H22ClN3O7S/c1-24(21(27)14-2-5-17-18(10-14)32-13-31-17)12-20(26)23-15-3-4-16(22)19(11-15)33(28,29)25-6-8-30-9-7-25/h2-5,10-11H,6-9,12-13H2,1H3,(H,23,26). The van der Waals surface area contributed by atoms with E-state index in [-0.39, 0.29) is 47.9 Å². The fraction of sp³-hybridized carbons (Fsp3) is 0.333. The maximum Gasteiger partial charge on any atom is 0.254 e. The number of carbonyl (C=O) groups excluding carboxylic acids is 2. The first-order valence-electron chi connectivity index (χ1n) is 10.1. The summed E-state index contributed by atoms with van der Waals surface area (Å²) in [6.45, 7) is 0.898. The van der Waals surface area contributed by atoms with Gasteiger partial charge in [-0.05, 0) is 36.4 Å². The Balaban J connectivity index is 1.43. The van der Waals surface area contributed by atoms with Crippen molar-refractivity contribution in [2.45, 2.75) is 4.90 Å². The second-order valence-corrected chi connectivity index (χ2v) is 9.75. The van der Waals surface area contributed by atoms with Crippen LogP contribution in [0.3, 0.4) is 0 Å². The van der Waals surface area contributed by atoms with Crippen LogP contribution in [-0.4, -0.2) is 76.1 Å². The summed E-state index contributed by atoms with van der Waals surface area (Å²) in [6, 6.07) is 9.00. The van der Waals surface area contributed by atoms with Crippen molar-refractivity contribution in [1.82, 2.24) is 9.21 Å². The molecule has 2 aromatic rings. The highest BCUT2D eigenvalue weighted by atomic mass is 35.5. The van der Waals surface area contributed by atoms with Crippen molar-refractivity contribution in [3.05, 3.63) is 47.0 Å². The number of amides is 2. The third-order valence-corrected chi connectivity index (χ3v) is 7.53. The largest absolute Gasteiger partial charge is 0.454 e.